The number of carbonyl (C=O) groups excluding carboxylic acids is 1. The summed E-state index contributed by atoms with van der Waals surface area (Å²) in [4.78, 5) is 11.8. The van der Waals surface area contributed by atoms with Gasteiger partial charge in [0.15, 0.2) is 6.10 Å². The van der Waals surface area contributed by atoms with Gasteiger partial charge in [-0.3, -0.25) is 4.79 Å². The lowest BCUT2D eigenvalue weighted by Crippen LogP contribution is -2.40. The van der Waals surface area contributed by atoms with Gasteiger partial charge >= 0.3 is 0 Å². The van der Waals surface area contributed by atoms with Crippen LogP contribution in [-0.4, -0.2) is 23.2 Å². The zero-order valence-corrected chi connectivity index (χ0v) is 12.2. The second-order valence-corrected chi connectivity index (χ2v) is 5.14. The zero-order valence-electron chi connectivity index (χ0n) is 12.2. The lowest BCUT2D eigenvalue weighted by Gasteiger charge is -2.19. The molecule has 1 aromatic carbocycles. The molecule has 0 aliphatic carbocycles. The standard InChI is InChI=1S/C15H23NO3/c1-9(2)16-15(18)12(5)19-14-7-6-10(3)8-13(14)11(4)17/h6-9,11-12,17H,1-5H3,(H,16,18)/t11-,12?/m1/s1. The summed E-state index contributed by atoms with van der Waals surface area (Å²) in [6.45, 7) is 9.13. The van der Waals surface area contributed by atoms with Crippen molar-refractivity contribution < 1.29 is 14.6 Å². The first kappa shape index (κ1) is 15.5. The molecule has 0 aliphatic heterocycles. The van der Waals surface area contributed by atoms with E-state index in [1.165, 1.54) is 0 Å². The van der Waals surface area contributed by atoms with Crippen LogP contribution in [0, 0.1) is 6.92 Å². The van der Waals surface area contributed by atoms with Crippen molar-refractivity contribution in [1.82, 2.24) is 5.32 Å². The van der Waals surface area contributed by atoms with Crippen molar-refractivity contribution in [3.05, 3.63) is 29.3 Å². The van der Waals surface area contributed by atoms with Crippen molar-refractivity contribution >= 4 is 5.91 Å². The van der Waals surface area contributed by atoms with Crippen LogP contribution in [0.4, 0.5) is 0 Å². The van der Waals surface area contributed by atoms with Gasteiger partial charge in [-0.2, -0.15) is 0 Å². The summed E-state index contributed by atoms with van der Waals surface area (Å²) >= 11 is 0. The molecule has 1 rings (SSSR count). The Morgan fingerprint density at radius 2 is 1.89 bits per heavy atom. The minimum Gasteiger partial charge on any atom is -0.481 e. The summed E-state index contributed by atoms with van der Waals surface area (Å²) in [6.07, 6.45) is -1.22. The van der Waals surface area contributed by atoms with Gasteiger partial charge in [-0.15, -0.1) is 0 Å². The molecular weight excluding hydrogens is 242 g/mol. The molecule has 4 nitrogen and oxygen atoms in total. The summed E-state index contributed by atoms with van der Waals surface area (Å²) in [6, 6.07) is 5.63. The first-order chi connectivity index (χ1) is 8.81. The van der Waals surface area contributed by atoms with Gasteiger partial charge in [-0.05, 0) is 46.8 Å². The van der Waals surface area contributed by atoms with Crippen molar-refractivity contribution in [3.63, 3.8) is 0 Å². The van der Waals surface area contributed by atoms with E-state index in [0.717, 1.165) is 5.56 Å². The van der Waals surface area contributed by atoms with E-state index in [1.54, 1.807) is 19.9 Å². The van der Waals surface area contributed by atoms with Crippen molar-refractivity contribution in [2.24, 2.45) is 0 Å². The third-order valence-corrected chi connectivity index (χ3v) is 2.72. The molecule has 0 saturated carbocycles. The van der Waals surface area contributed by atoms with E-state index in [2.05, 4.69) is 5.32 Å². The zero-order chi connectivity index (χ0) is 14.6. The summed E-state index contributed by atoms with van der Waals surface area (Å²) in [7, 11) is 0. The topological polar surface area (TPSA) is 58.6 Å². The summed E-state index contributed by atoms with van der Waals surface area (Å²) < 4.78 is 5.65. The molecule has 106 valence electrons. The normalized spacial score (nSPS) is 14.1. The molecule has 0 saturated heterocycles. The van der Waals surface area contributed by atoms with Crippen molar-refractivity contribution in [1.29, 1.82) is 0 Å². The fraction of sp³-hybridized carbons (Fsp3) is 0.533. The number of aliphatic hydroxyl groups is 1. The van der Waals surface area contributed by atoms with Crippen LogP contribution in [-0.2, 0) is 4.79 Å². The van der Waals surface area contributed by atoms with Gasteiger partial charge in [0.05, 0.1) is 6.10 Å². The summed E-state index contributed by atoms with van der Waals surface area (Å²) in [5.41, 5.74) is 1.74. The number of hydrogen-bond acceptors (Lipinski definition) is 3. The molecule has 1 unspecified atom stereocenters. The Morgan fingerprint density at radius 3 is 2.42 bits per heavy atom. The molecule has 2 atom stereocenters. The highest BCUT2D eigenvalue weighted by Gasteiger charge is 2.18. The molecule has 0 aromatic heterocycles. The van der Waals surface area contributed by atoms with E-state index in [4.69, 9.17) is 4.74 Å². The smallest absolute Gasteiger partial charge is 0.260 e. The van der Waals surface area contributed by atoms with E-state index in [9.17, 15) is 9.90 Å². The number of aryl methyl sites for hydroxylation is 1. The summed E-state index contributed by atoms with van der Waals surface area (Å²) in [5, 5.41) is 12.5. The Labute approximate surface area is 114 Å². The fourth-order valence-corrected chi connectivity index (χ4v) is 1.75. The lowest BCUT2D eigenvalue weighted by molar-refractivity contribution is -0.127. The average molecular weight is 265 g/mol. The highest BCUT2D eigenvalue weighted by atomic mass is 16.5. The van der Waals surface area contributed by atoms with Gasteiger partial charge in [-0.25, -0.2) is 0 Å². The number of benzene rings is 1. The number of aliphatic hydroxyl groups excluding tert-OH is 1. The van der Waals surface area contributed by atoms with E-state index in [1.807, 2.05) is 32.9 Å². The number of ether oxygens (including phenoxy) is 1. The van der Waals surface area contributed by atoms with Crippen LogP contribution < -0.4 is 10.1 Å². The number of carbonyl (C=O) groups is 1. The van der Waals surface area contributed by atoms with Gasteiger partial charge < -0.3 is 15.2 Å². The summed E-state index contributed by atoms with van der Waals surface area (Å²) in [5.74, 6) is 0.388. The predicted molar refractivity (Wildman–Crippen MR) is 75.2 cm³/mol. The maximum absolute atomic E-state index is 11.8. The van der Waals surface area contributed by atoms with Crippen molar-refractivity contribution in [2.45, 2.75) is 52.9 Å². The van der Waals surface area contributed by atoms with Crippen LogP contribution in [0.3, 0.4) is 0 Å². The maximum atomic E-state index is 11.8. The molecule has 19 heavy (non-hydrogen) atoms. The van der Waals surface area contributed by atoms with Crippen LogP contribution in [0.25, 0.3) is 0 Å². The Balaban J connectivity index is 2.84. The van der Waals surface area contributed by atoms with E-state index < -0.39 is 12.2 Å². The number of nitrogens with one attached hydrogen (secondary N) is 1. The third-order valence-electron chi connectivity index (χ3n) is 2.72. The number of rotatable bonds is 5. The number of amides is 1. The largest absolute Gasteiger partial charge is 0.481 e. The molecule has 2 N–H and O–H groups in total. The minimum atomic E-state index is -0.629. The SMILES string of the molecule is Cc1ccc(OC(C)C(=O)NC(C)C)c([C@@H](C)O)c1. The second kappa shape index (κ2) is 6.57. The average Bonchev–Trinajstić information content (AvgIpc) is 2.30. The number of hydrogen-bond donors (Lipinski definition) is 2. The van der Waals surface area contributed by atoms with Gasteiger partial charge in [0.1, 0.15) is 5.75 Å². The minimum absolute atomic E-state index is 0.0767. The Kier molecular flexibility index (Phi) is 5.36. The molecule has 0 spiro atoms. The van der Waals surface area contributed by atoms with Crippen LogP contribution >= 0.6 is 0 Å². The highest BCUT2D eigenvalue weighted by molar-refractivity contribution is 5.80. The van der Waals surface area contributed by atoms with Gasteiger partial charge in [0.2, 0.25) is 0 Å². The maximum Gasteiger partial charge on any atom is 0.260 e. The van der Waals surface area contributed by atoms with Crippen LogP contribution in [0.5, 0.6) is 5.75 Å². The quantitative estimate of drug-likeness (QED) is 0.859. The van der Waals surface area contributed by atoms with Crippen molar-refractivity contribution in [3.8, 4) is 5.75 Å². The van der Waals surface area contributed by atoms with E-state index in [-0.39, 0.29) is 11.9 Å². The lowest BCUT2D eigenvalue weighted by atomic mass is 10.1. The van der Waals surface area contributed by atoms with Gasteiger partial charge in [0, 0.05) is 11.6 Å². The Hall–Kier alpha value is -1.55. The molecule has 0 fully saturated rings. The van der Waals surface area contributed by atoms with Crippen LogP contribution in [0.15, 0.2) is 18.2 Å². The first-order valence-corrected chi connectivity index (χ1v) is 6.57. The molecule has 4 heteroatoms. The molecule has 1 aromatic rings. The van der Waals surface area contributed by atoms with Crippen LogP contribution in [0.1, 0.15) is 44.9 Å². The highest BCUT2D eigenvalue weighted by Crippen LogP contribution is 2.27. The monoisotopic (exact) mass is 265 g/mol. The third kappa shape index (κ3) is 4.56. The second-order valence-electron chi connectivity index (χ2n) is 5.14. The predicted octanol–water partition coefficient (Wildman–Crippen LogP) is 2.34. The Bertz CT molecular complexity index is 441. The molecule has 0 heterocycles. The Morgan fingerprint density at radius 1 is 1.26 bits per heavy atom. The van der Waals surface area contributed by atoms with Crippen LogP contribution in [0.2, 0.25) is 0 Å². The molecular formula is C15H23NO3. The van der Waals surface area contributed by atoms with E-state index in [0.29, 0.717) is 11.3 Å². The molecule has 1 amide bonds. The first-order valence-electron chi connectivity index (χ1n) is 6.57. The molecule has 0 radical (unpaired) electrons. The van der Waals surface area contributed by atoms with Crippen molar-refractivity contribution in [2.75, 3.05) is 0 Å². The van der Waals surface area contributed by atoms with Gasteiger partial charge in [0.25, 0.3) is 5.91 Å². The van der Waals surface area contributed by atoms with E-state index >= 15 is 0 Å². The fourth-order valence-electron chi connectivity index (χ4n) is 1.75. The molecule has 0 bridgehead atoms. The molecule has 0 aliphatic rings. The van der Waals surface area contributed by atoms with Gasteiger partial charge in [-0.1, -0.05) is 11.6 Å².